The van der Waals surface area contributed by atoms with Crippen LogP contribution >= 0.6 is 0 Å². The van der Waals surface area contributed by atoms with Gasteiger partial charge in [0.15, 0.2) is 0 Å². The molecule has 0 unspecified atom stereocenters. The maximum Gasteiger partial charge on any atom is 2.00 e. The molecule has 0 radical (unpaired) electrons. The summed E-state index contributed by atoms with van der Waals surface area (Å²) >= 11 is 0. The van der Waals surface area contributed by atoms with Crippen molar-refractivity contribution in [3.63, 3.8) is 0 Å². The average Bonchev–Trinajstić information content (AvgIpc) is 1.39. The summed E-state index contributed by atoms with van der Waals surface area (Å²) in [6, 6.07) is 0. The maximum atomic E-state index is 8.51. The van der Waals surface area contributed by atoms with Crippen LogP contribution in [-0.4, -0.2) is 69.3 Å². The molecule has 0 rings (SSSR count). The van der Waals surface area contributed by atoms with E-state index < -0.39 is 9.65 Å². The first-order chi connectivity index (χ1) is 2.83. The van der Waals surface area contributed by atoms with Crippen LogP contribution in [0, 0.1) is 0 Å². The van der Waals surface area contributed by atoms with Gasteiger partial charge < -0.3 is 20.2 Å². The zero-order chi connectivity index (χ0) is 5.41. The molecule has 0 bridgehead atoms. The number of carbonyl (C=O) groups excluding carboxylic acids is 2. The van der Waals surface area contributed by atoms with Crippen LogP contribution in [0.4, 0.5) is 0 Å². The van der Waals surface area contributed by atoms with Crippen LogP contribution in [0.3, 0.4) is 0 Å². The summed E-state index contributed by atoms with van der Waals surface area (Å²) in [6.45, 7) is 0. The molecule has 0 aliphatic carbocycles. The van der Waals surface area contributed by atoms with Gasteiger partial charge in [0.25, 0.3) is 0 Å². The van der Waals surface area contributed by atoms with E-state index in [0.717, 1.165) is 0 Å². The molecule has 0 aromatic carbocycles. The van der Waals surface area contributed by atoms with Gasteiger partial charge in [-0.1, -0.05) is 141 Å². The molecule has 28 heavy (non-hydrogen) atoms. The molecule has 0 aliphatic rings. The summed E-state index contributed by atoms with van der Waals surface area (Å²) in [5.74, 6) is 0. The third-order valence-corrected chi connectivity index (χ3v) is 0. The Morgan fingerprint density at radius 1 is 0.464 bits per heavy atom. The van der Waals surface area contributed by atoms with Gasteiger partial charge in [-0.15, -0.1) is 0 Å². The van der Waals surface area contributed by atoms with Gasteiger partial charge in [-0.3, -0.25) is 0 Å². The molecule has 6 nitrogen and oxygen atoms in total. The molecule has 202 valence electrons. The Balaban J connectivity index is -0.000000000291. The van der Waals surface area contributed by atoms with Crippen molar-refractivity contribution in [3.05, 3.63) is 0 Å². The average molecular weight is 485 g/mol. The van der Waals surface area contributed by atoms with E-state index in [0.29, 0.717) is 0 Å². The molecule has 0 heterocycles. The predicted octanol–water partition coefficient (Wildman–Crippen LogP) is 9.06. The molecule has 0 aliphatic heterocycles. The van der Waals surface area contributed by atoms with Crippen molar-refractivity contribution >= 4 is 53.5 Å². The van der Waals surface area contributed by atoms with E-state index in [1.807, 2.05) is 0 Å². The number of rotatable bonds is 0. The minimum atomic E-state index is -1.17. The molecule has 4 N–H and O–H groups in total. The summed E-state index contributed by atoms with van der Waals surface area (Å²) in [7, 11) is -1.17. The zero-order valence-electron chi connectivity index (χ0n) is 4.33. The first-order valence-electron chi connectivity index (χ1n) is 0.836. The molecule has 0 amide bonds. The second kappa shape index (κ2) is 3370. The normalized spacial score (nSPS) is 0.714. The largest absolute Gasteiger partial charge is 2.00 e. The Morgan fingerprint density at radius 2 is 0.464 bits per heavy atom. The first-order valence-corrected chi connectivity index (χ1v) is 1.69. The van der Waals surface area contributed by atoms with Crippen LogP contribution in [0.15, 0.2) is 0 Å². The van der Waals surface area contributed by atoms with E-state index in [4.69, 9.17) is 18.8 Å². The Labute approximate surface area is 223 Å². The molecule has 0 aromatic rings. The Kier molecular flexibility index (Phi) is 134000. The topological polar surface area (TPSA) is 133 Å². The summed E-state index contributed by atoms with van der Waals surface area (Å²) in [5, 5.41) is 0. The maximum absolute atomic E-state index is 8.51. The van der Waals surface area contributed by atoms with Crippen molar-refractivity contribution < 1.29 is 29.8 Å². The molecular weight excluding hydrogens is 404 g/mol. The van der Waals surface area contributed by atoms with Gasteiger partial charge >= 0.3 is 43.9 Å². The van der Waals surface area contributed by atoms with Crippen LogP contribution in [0.2, 0.25) is 0 Å². The standard InChI is InChI=1S/CO2.19CH4.Ca.HO2Si.2H2O/c2-1-3;;;;;;;;;;;;;;;;;;;;;1-3-2;;/h;19*1H4;;1H;2*1H2/q;;;;;;;;;;;;;;;;;;;;+2;-1;;/p-1. The summed E-state index contributed by atoms with van der Waals surface area (Å²) in [5.41, 5.74) is 0. The quantitative estimate of drug-likeness (QED) is 0.342. The molecule has 0 aromatic heterocycles. The molecule has 8 heteroatoms. The van der Waals surface area contributed by atoms with Crippen LogP contribution in [0.1, 0.15) is 141 Å². The second-order valence-corrected chi connectivity index (χ2v) is 0.357. The van der Waals surface area contributed by atoms with Crippen LogP contribution < -0.4 is 0 Å². The molecule has 0 saturated carbocycles. The van der Waals surface area contributed by atoms with E-state index in [9.17, 15) is 0 Å². The van der Waals surface area contributed by atoms with Crippen molar-refractivity contribution in [2.75, 3.05) is 0 Å². The zero-order valence-corrected chi connectivity index (χ0v) is 7.53. The smallest absolute Gasteiger partial charge is 0.870 e. The van der Waals surface area contributed by atoms with E-state index >= 15 is 0 Å². The fourth-order valence-corrected chi connectivity index (χ4v) is 0. The van der Waals surface area contributed by atoms with Crippen LogP contribution in [0.5, 0.6) is 0 Å². The van der Waals surface area contributed by atoms with Crippen LogP contribution in [0.25, 0.3) is 0 Å². The van der Waals surface area contributed by atoms with Crippen molar-refractivity contribution in [3.8, 4) is 0 Å². The Hall–Kier alpha value is 0.377. The van der Waals surface area contributed by atoms with Gasteiger partial charge in [0.05, 0.1) is 9.65 Å². The van der Waals surface area contributed by atoms with E-state index in [2.05, 4.69) is 0 Å². The third kappa shape index (κ3) is 120000. The Bertz CT molecular complexity index is 77.7. The monoisotopic (exact) mass is 485 g/mol. The minimum Gasteiger partial charge on any atom is -0.870 e. The van der Waals surface area contributed by atoms with Crippen molar-refractivity contribution in [1.29, 1.82) is 0 Å². The van der Waals surface area contributed by atoms with Gasteiger partial charge in [-0.2, -0.15) is 9.59 Å². The van der Waals surface area contributed by atoms with E-state index in [-0.39, 0.29) is 196 Å². The first kappa shape index (κ1) is 1110. The number of hydrogen-bond acceptors (Lipinski definition) is 4. The Morgan fingerprint density at radius 3 is 0.464 bits per heavy atom. The fraction of sp³-hybridized carbons (Fsp3) is 0.950. The third-order valence-electron chi connectivity index (χ3n) is 0. The predicted molar refractivity (Wildman–Crippen MR) is 153 cm³/mol. The van der Waals surface area contributed by atoms with E-state index in [1.54, 1.807) is 0 Å². The van der Waals surface area contributed by atoms with Gasteiger partial charge in [0.1, 0.15) is 0 Å². The van der Waals surface area contributed by atoms with Crippen molar-refractivity contribution in [2.24, 2.45) is 0 Å². The molecule has 0 atom stereocenters. The van der Waals surface area contributed by atoms with Crippen molar-refractivity contribution in [2.45, 2.75) is 141 Å². The van der Waals surface area contributed by atoms with Gasteiger partial charge in [0.2, 0.25) is 0 Å². The van der Waals surface area contributed by atoms with Crippen LogP contribution in [-0.2, 0) is 14.1 Å². The van der Waals surface area contributed by atoms with Gasteiger partial charge in [-0.05, 0) is 0 Å². The van der Waals surface area contributed by atoms with Gasteiger partial charge in [-0.25, -0.2) is 0 Å². The SMILES string of the molecule is C.C.C.C.C.C.C.C.C.C.C.C.C.C.C.C.C.C.C.O.O=C=O.O=[Si-]O.[Ca+2].[OH-]. The molecular formula is C20H80CaO6Si. The molecule has 0 spiro atoms. The minimum absolute atomic E-state index is 0. The van der Waals surface area contributed by atoms with Gasteiger partial charge in [0, 0.05) is 0 Å². The molecule has 0 saturated heterocycles. The second-order valence-electron chi connectivity index (χ2n) is 0.175. The summed E-state index contributed by atoms with van der Waals surface area (Å²) in [6.07, 6.45) is 0.250. The summed E-state index contributed by atoms with van der Waals surface area (Å²) in [4.78, 5) is 23.3. The van der Waals surface area contributed by atoms with E-state index in [1.165, 1.54) is 0 Å². The summed E-state index contributed by atoms with van der Waals surface area (Å²) < 4.78 is 8.51. The fourth-order valence-electron chi connectivity index (χ4n) is 0. The molecule has 0 fully saturated rings. The number of hydrogen-bond donors (Lipinski definition) is 1. The van der Waals surface area contributed by atoms with Crippen molar-refractivity contribution in [1.82, 2.24) is 0 Å².